The van der Waals surface area contributed by atoms with Crippen LogP contribution in [0.5, 0.6) is 0 Å². The van der Waals surface area contributed by atoms with Crippen LogP contribution in [0.2, 0.25) is 19.6 Å². The van der Waals surface area contributed by atoms with Gasteiger partial charge in [-0.25, -0.2) is 0 Å². The number of benzene rings is 4. The zero-order chi connectivity index (χ0) is 30.7. The van der Waals surface area contributed by atoms with E-state index in [1.54, 1.807) is 6.20 Å². The number of pyridine rings is 2. The van der Waals surface area contributed by atoms with E-state index in [4.69, 9.17) is 4.42 Å². The van der Waals surface area contributed by atoms with Crippen LogP contribution in [0.15, 0.2) is 126 Å². The maximum atomic E-state index is 6.35. The third-order valence-electron chi connectivity index (χ3n) is 7.82. The molecular formula is C40H36IrN2OSi-2. The van der Waals surface area contributed by atoms with Gasteiger partial charge in [0, 0.05) is 43.4 Å². The van der Waals surface area contributed by atoms with E-state index in [2.05, 4.69) is 110 Å². The molecule has 3 heterocycles. The molecule has 3 aromatic heterocycles. The van der Waals surface area contributed by atoms with Crippen LogP contribution in [0.1, 0.15) is 25.3 Å². The normalized spacial score (nSPS) is 11.2. The topological polar surface area (TPSA) is 38.9 Å². The maximum absolute atomic E-state index is 6.35. The van der Waals surface area contributed by atoms with Gasteiger partial charge < -0.3 is 14.4 Å². The van der Waals surface area contributed by atoms with Gasteiger partial charge in [-0.2, -0.15) is 0 Å². The van der Waals surface area contributed by atoms with Gasteiger partial charge in [0.2, 0.25) is 0 Å². The summed E-state index contributed by atoms with van der Waals surface area (Å²) in [6, 6.07) is 43.3. The molecule has 0 aliphatic rings. The molecular weight excluding hydrogens is 745 g/mol. The molecule has 0 amide bonds. The van der Waals surface area contributed by atoms with E-state index in [0.717, 1.165) is 55.6 Å². The SMILES string of the molecule is CC(C)c1cc(-c2[c-]cccc2)ncc1[Si](C)(C)C.[Ir].[c-]1ccc2c(oc3c(-c4ccccc4)cccc32)c1-c1ccccn1. The molecule has 0 aliphatic carbocycles. The predicted molar refractivity (Wildman–Crippen MR) is 187 cm³/mol. The zero-order valence-electron chi connectivity index (χ0n) is 26.3. The number of fused-ring (bicyclic) bond motifs is 3. The van der Waals surface area contributed by atoms with Crippen molar-refractivity contribution in [3.05, 3.63) is 139 Å². The minimum Gasteiger partial charge on any atom is -0.500 e. The Bertz CT molecular complexity index is 1920. The smallest absolute Gasteiger partial charge is 0.128 e. The van der Waals surface area contributed by atoms with Crippen molar-refractivity contribution in [3.63, 3.8) is 0 Å². The Morgan fingerprint density at radius 3 is 2.13 bits per heavy atom. The molecule has 45 heavy (non-hydrogen) atoms. The molecule has 0 saturated carbocycles. The monoisotopic (exact) mass is 781 g/mol. The molecule has 0 N–H and O–H groups in total. The number of rotatable bonds is 5. The molecule has 4 aromatic carbocycles. The molecule has 0 spiro atoms. The van der Waals surface area contributed by atoms with Gasteiger partial charge in [-0.1, -0.05) is 117 Å². The minimum atomic E-state index is -1.34. The maximum Gasteiger partial charge on any atom is 0.128 e. The Kier molecular flexibility index (Phi) is 9.94. The Labute approximate surface area is 280 Å². The molecule has 1 radical (unpaired) electrons. The summed E-state index contributed by atoms with van der Waals surface area (Å²) in [4.78, 5) is 9.12. The van der Waals surface area contributed by atoms with Gasteiger partial charge >= 0.3 is 0 Å². The van der Waals surface area contributed by atoms with Gasteiger partial charge in [0.1, 0.15) is 5.58 Å². The summed E-state index contributed by atoms with van der Waals surface area (Å²) < 4.78 is 6.35. The first-order valence-corrected chi connectivity index (χ1v) is 18.6. The van der Waals surface area contributed by atoms with Crippen LogP contribution in [0.3, 0.4) is 0 Å². The number of furan rings is 1. The molecule has 5 heteroatoms. The van der Waals surface area contributed by atoms with E-state index < -0.39 is 8.07 Å². The van der Waals surface area contributed by atoms with Crippen LogP contribution in [0.25, 0.3) is 55.6 Å². The van der Waals surface area contributed by atoms with Gasteiger partial charge in [-0.3, -0.25) is 0 Å². The molecule has 7 rings (SSSR count). The van der Waals surface area contributed by atoms with Crippen molar-refractivity contribution in [1.29, 1.82) is 0 Å². The Hall–Kier alpha value is -4.15. The third-order valence-corrected chi connectivity index (χ3v) is 9.85. The summed E-state index contributed by atoms with van der Waals surface area (Å²) in [5.41, 5.74) is 9.30. The van der Waals surface area contributed by atoms with Crippen molar-refractivity contribution < 1.29 is 24.5 Å². The zero-order valence-corrected chi connectivity index (χ0v) is 29.7. The average molecular weight is 781 g/mol. The fraction of sp³-hybridized carbons (Fsp3) is 0.150. The van der Waals surface area contributed by atoms with Gasteiger partial charge in [-0.05, 0) is 34.1 Å². The summed E-state index contributed by atoms with van der Waals surface area (Å²) in [5, 5.41) is 3.68. The van der Waals surface area contributed by atoms with Crippen molar-refractivity contribution in [2.75, 3.05) is 0 Å². The van der Waals surface area contributed by atoms with Crippen molar-refractivity contribution in [1.82, 2.24) is 9.97 Å². The van der Waals surface area contributed by atoms with E-state index >= 15 is 0 Å². The molecule has 3 nitrogen and oxygen atoms in total. The first-order chi connectivity index (χ1) is 21.3. The summed E-state index contributed by atoms with van der Waals surface area (Å²) in [6.45, 7) is 11.7. The van der Waals surface area contributed by atoms with Gasteiger partial charge in [0.25, 0.3) is 0 Å². The van der Waals surface area contributed by atoms with E-state index in [9.17, 15) is 0 Å². The molecule has 7 aromatic rings. The van der Waals surface area contributed by atoms with E-state index in [1.165, 1.54) is 10.8 Å². The number of hydrogen-bond donors (Lipinski definition) is 0. The molecule has 0 fully saturated rings. The third kappa shape index (κ3) is 6.92. The van der Waals surface area contributed by atoms with Crippen LogP contribution in [-0.4, -0.2) is 18.0 Å². The standard InChI is InChI=1S/C23H14NO.C17H22NSi.Ir/c1-2-8-16(9-3-1)17-10-6-11-18-19-12-7-13-20(23(19)25-22(17)18)21-14-4-5-15-24-21;1-13(2)15-11-16(14-9-7-6-8-10-14)18-12-17(15)19(3,4)5;/h1-12,14-15H;6-9,11-13H,1-5H3;/q2*-1;. The fourth-order valence-electron chi connectivity index (χ4n) is 5.58. The van der Waals surface area contributed by atoms with Crippen LogP contribution >= 0.6 is 0 Å². The Balaban J connectivity index is 0.000000181. The van der Waals surface area contributed by atoms with E-state index in [0.29, 0.717) is 5.92 Å². The van der Waals surface area contributed by atoms with Crippen molar-refractivity contribution in [2.24, 2.45) is 0 Å². The Morgan fingerprint density at radius 1 is 0.689 bits per heavy atom. The Morgan fingerprint density at radius 2 is 1.44 bits per heavy atom. The minimum absolute atomic E-state index is 0. The van der Waals surface area contributed by atoms with Crippen molar-refractivity contribution in [2.45, 2.75) is 39.4 Å². The number of nitrogens with zero attached hydrogens (tertiary/aromatic N) is 2. The van der Waals surface area contributed by atoms with Crippen molar-refractivity contribution >= 4 is 35.2 Å². The first-order valence-electron chi connectivity index (χ1n) is 15.1. The van der Waals surface area contributed by atoms with Crippen LogP contribution < -0.4 is 5.19 Å². The molecule has 227 valence electrons. The molecule has 0 bridgehead atoms. The summed E-state index contributed by atoms with van der Waals surface area (Å²) in [5.74, 6) is 0.534. The van der Waals surface area contributed by atoms with Gasteiger partial charge in [0.05, 0.1) is 13.7 Å². The number of hydrogen-bond acceptors (Lipinski definition) is 3. The van der Waals surface area contributed by atoms with Crippen LogP contribution in [0.4, 0.5) is 0 Å². The second-order valence-corrected chi connectivity index (χ2v) is 17.3. The quantitative estimate of drug-likeness (QED) is 0.129. The van der Waals surface area contributed by atoms with Crippen LogP contribution in [-0.2, 0) is 20.1 Å². The first kappa shape index (κ1) is 32.2. The number of para-hydroxylation sites is 1. The van der Waals surface area contributed by atoms with E-state index in [-0.39, 0.29) is 20.1 Å². The fourth-order valence-corrected chi connectivity index (χ4v) is 7.26. The summed E-state index contributed by atoms with van der Waals surface area (Å²) >= 11 is 0. The van der Waals surface area contributed by atoms with Crippen molar-refractivity contribution in [3.8, 4) is 33.6 Å². The molecule has 0 unspecified atom stereocenters. The van der Waals surface area contributed by atoms with E-state index in [1.807, 2.05) is 60.7 Å². The van der Waals surface area contributed by atoms with Gasteiger partial charge in [-0.15, -0.1) is 54.1 Å². The molecule has 0 saturated heterocycles. The molecule has 0 aliphatic heterocycles. The second-order valence-electron chi connectivity index (χ2n) is 12.3. The second kappa shape index (κ2) is 13.9. The number of aromatic nitrogens is 2. The van der Waals surface area contributed by atoms with Crippen LogP contribution in [0, 0.1) is 12.1 Å². The molecule has 0 atom stereocenters. The summed E-state index contributed by atoms with van der Waals surface area (Å²) in [6.07, 6.45) is 3.89. The summed E-state index contributed by atoms with van der Waals surface area (Å²) in [7, 11) is -1.34. The predicted octanol–water partition coefficient (Wildman–Crippen LogP) is 10.3. The van der Waals surface area contributed by atoms with Gasteiger partial charge in [0.15, 0.2) is 0 Å². The average Bonchev–Trinajstić information content (AvgIpc) is 3.45. The largest absolute Gasteiger partial charge is 0.500 e.